The second kappa shape index (κ2) is 8.21. The van der Waals surface area contributed by atoms with Crippen molar-refractivity contribution in [2.45, 2.75) is 5.92 Å². The van der Waals surface area contributed by atoms with E-state index in [0.717, 1.165) is 38.5 Å². The Morgan fingerprint density at radius 2 is 1.25 bits per heavy atom. The molecule has 2 atom stereocenters. The van der Waals surface area contributed by atoms with E-state index in [4.69, 9.17) is 8.83 Å². The summed E-state index contributed by atoms with van der Waals surface area (Å²) in [6, 6.07) is 38.9. The van der Waals surface area contributed by atoms with E-state index in [0.29, 0.717) is 0 Å². The molecule has 0 radical (unpaired) electrons. The summed E-state index contributed by atoms with van der Waals surface area (Å²) >= 11 is 0. The largest absolute Gasteiger partial charge is 0.452 e. The summed E-state index contributed by atoms with van der Waals surface area (Å²) in [4.78, 5) is 0. The van der Waals surface area contributed by atoms with Crippen LogP contribution in [0.1, 0.15) is 28.2 Å². The van der Waals surface area contributed by atoms with Crippen molar-refractivity contribution in [2.75, 3.05) is 0 Å². The van der Waals surface area contributed by atoms with Crippen molar-refractivity contribution in [1.29, 1.82) is 0 Å². The molecule has 2 nitrogen and oxygen atoms in total. The molecular weight excluding hydrogens is 488 g/mol. The molecule has 7 aromatic rings. The van der Waals surface area contributed by atoms with Crippen molar-refractivity contribution in [2.24, 2.45) is 5.92 Å². The van der Waals surface area contributed by atoms with Gasteiger partial charge in [0.1, 0.15) is 11.2 Å². The van der Waals surface area contributed by atoms with Gasteiger partial charge in [-0.15, -0.1) is 0 Å². The zero-order chi connectivity index (χ0) is 26.2. The lowest BCUT2D eigenvalue weighted by atomic mass is 9.66. The van der Waals surface area contributed by atoms with Crippen LogP contribution < -0.4 is 0 Å². The predicted octanol–water partition coefficient (Wildman–Crippen LogP) is 10.2. The molecule has 2 heterocycles. The van der Waals surface area contributed by atoms with E-state index < -0.39 is 0 Å². The minimum absolute atomic E-state index is 0.149. The molecule has 5 aromatic carbocycles. The first-order valence-electron chi connectivity index (χ1n) is 13.9. The molecule has 0 saturated carbocycles. The highest BCUT2D eigenvalue weighted by Gasteiger charge is 2.36. The van der Waals surface area contributed by atoms with Crippen LogP contribution in [-0.2, 0) is 0 Å². The van der Waals surface area contributed by atoms with Crippen molar-refractivity contribution in [1.82, 2.24) is 0 Å². The molecule has 0 aliphatic heterocycles. The Labute approximate surface area is 231 Å². The van der Waals surface area contributed by atoms with Crippen molar-refractivity contribution < 1.29 is 8.83 Å². The number of rotatable bonds is 2. The van der Waals surface area contributed by atoms with E-state index in [1.54, 1.807) is 0 Å². The summed E-state index contributed by atoms with van der Waals surface area (Å²) in [6.07, 6.45) is 9.05. The van der Waals surface area contributed by atoms with Crippen LogP contribution in [0, 0.1) is 5.92 Å². The molecule has 2 heteroatoms. The number of hydrogen-bond acceptors (Lipinski definition) is 2. The van der Waals surface area contributed by atoms with Crippen LogP contribution >= 0.6 is 0 Å². The first-order valence-corrected chi connectivity index (χ1v) is 13.9. The second-order valence-electron chi connectivity index (χ2n) is 10.8. The minimum Gasteiger partial charge on any atom is -0.452 e. The van der Waals surface area contributed by atoms with Gasteiger partial charge in [-0.2, -0.15) is 0 Å². The Balaban J connectivity index is 1.35. The van der Waals surface area contributed by atoms with Gasteiger partial charge in [-0.1, -0.05) is 109 Å². The van der Waals surface area contributed by atoms with Gasteiger partial charge in [-0.25, -0.2) is 0 Å². The highest BCUT2D eigenvalue weighted by atomic mass is 16.4. The maximum absolute atomic E-state index is 6.60. The van der Waals surface area contributed by atoms with Gasteiger partial charge in [0.2, 0.25) is 0 Å². The zero-order valence-electron chi connectivity index (χ0n) is 21.7. The zero-order valence-corrected chi connectivity index (χ0v) is 21.7. The molecular formula is C38H24O2. The van der Waals surface area contributed by atoms with Crippen LogP contribution in [0.15, 0.2) is 148 Å². The highest BCUT2D eigenvalue weighted by Crippen LogP contribution is 2.52. The molecule has 0 fully saturated rings. The number of para-hydroxylation sites is 1. The molecule has 9 rings (SSSR count). The van der Waals surface area contributed by atoms with E-state index in [9.17, 15) is 0 Å². The van der Waals surface area contributed by atoms with Gasteiger partial charge in [-0.05, 0) is 57.7 Å². The summed E-state index contributed by atoms with van der Waals surface area (Å²) in [7, 11) is 0. The standard InChI is InChI=1S/C38H24O2/c1-2-11-23(12-3-1)34-25-14-4-6-16-27(25)35(28-17-7-5-15-26(28)34)30-18-10-20-33-36(30)31-22-21-29-24-13-8-9-19-32(24)39-37(29)38(31)40-33/h1-22,27,35H. The lowest BCUT2D eigenvalue weighted by Crippen LogP contribution is -2.23. The first-order chi connectivity index (χ1) is 19.9. The van der Waals surface area contributed by atoms with E-state index >= 15 is 0 Å². The van der Waals surface area contributed by atoms with Crippen LogP contribution in [0.2, 0.25) is 0 Å². The van der Waals surface area contributed by atoms with E-state index in [2.05, 4.69) is 121 Å². The lowest BCUT2D eigenvalue weighted by molar-refractivity contribution is 0.631. The molecule has 2 unspecified atom stereocenters. The van der Waals surface area contributed by atoms with Gasteiger partial charge in [0.15, 0.2) is 11.2 Å². The third-order valence-corrected chi connectivity index (χ3v) is 8.72. The highest BCUT2D eigenvalue weighted by molar-refractivity contribution is 6.19. The Hall–Kier alpha value is -5.08. The minimum atomic E-state index is 0.149. The average molecular weight is 513 g/mol. The number of allylic oxidation sites excluding steroid dienone is 5. The van der Waals surface area contributed by atoms with Gasteiger partial charge >= 0.3 is 0 Å². The van der Waals surface area contributed by atoms with Crippen LogP contribution in [0.5, 0.6) is 0 Å². The molecule has 0 bridgehead atoms. The van der Waals surface area contributed by atoms with Gasteiger partial charge in [0.05, 0.1) is 0 Å². The summed E-state index contributed by atoms with van der Waals surface area (Å²) in [6.45, 7) is 0. The van der Waals surface area contributed by atoms with Gasteiger partial charge in [-0.3, -0.25) is 0 Å². The smallest absolute Gasteiger partial charge is 0.178 e. The fourth-order valence-electron chi connectivity index (χ4n) is 7.08. The molecule has 0 amide bonds. The number of fused-ring (bicyclic) bond motifs is 9. The van der Waals surface area contributed by atoms with Gasteiger partial charge in [0.25, 0.3) is 0 Å². The fraction of sp³-hybridized carbons (Fsp3) is 0.0526. The first kappa shape index (κ1) is 21.8. The number of benzene rings is 5. The number of hydrogen-bond donors (Lipinski definition) is 0. The Bertz CT molecular complexity index is 2220. The second-order valence-corrected chi connectivity index (χ2v) is 10.8. The van der Waals surface area contributed by atoms with E-state index in [1.807, 2.05) is 12.1 Å². The normalized spacial score (nSPS) is 18.2. The molecule has 2 aliphatic carbocycles. The van der Waals surface area contributed by atoms with E-state index in [-0.39, 0.29) is 11.8 Å². The maximum Gasteiger partial charge on any atom is 0.178 e. The third-order valence-electron chi connectivity index (χ3n) is 8.72. The summed E-state index contributed by atoms with van der Waals surface area (Å²) < 4.78 is 13.0. The van der Waals surface area contributed by atoms with Crippen LogP contribution in [0.3, 0.4) is 0 Å². The quantitative estimate of drug-likeness (QED) is 0.230. The molecule has 2 aliphatic rings. The SMILES string of the molecule is C1=CC2=C(c3ccccc3)c3ccccc3C(c3cccc4oc5c(ccc6c7ccccc7oc65)c34)C2C=C1. The molecule has 0 spiro atoms. The fourth-order valence-corrected chi connectivity index (χ4v) is 7.08. The molecule has 0 N–H and O–H groups in total. The topological polar surface area (TPSA) is 26.3 Å². The van der Waals surface area contributed by atoms with Crippen molar-refractivity contribution >= 4 is 49.5 Å². The van der Waals surface area contributed by atoms with Gasteiger partial charge in [0, 0.05) is 33.4 Å². The molecule has 188 valence electrons. The van der Waals surface area contributed by atoms with Crippen LogP contribution in [0.4, 0.5) is 0 Å². The Morgan fingerprint density at radius 1 is 0.525 bits per heavy atom. The monoisotopic (exact) mass is 512 g/mol. The van der Waals surface area contributed by atoms with Crippen molar-refractivity contribution in [3.63, 3.8) is 0 Å². The summed E-state index contributed by atoms with van der Waals surface area (Å²) in [5.74, 6) is 0.358. The molecule has 40 heavy (non-hydrogen) atoms. The summed E-state index contributed by atoms with van der Waals surface area (Å²) in [5.41, 5.74) is 11.3. The number of furan rings is 2. The van der Waals surface area contributed by atoms with Crippen LogP contribution in [-0.4, -0.2) is 0 Å². The summed E-state index contributed by atoms with van der Waals surface area (Å²) in [5, 5.41) is 4.47. The average Bonchev–Trinajstić information content (AvgIpc) is 3.59. The van der Waals surface area contributed by atoms with Crippen LogP contribution in [0.25, 0.3) is 49.5 Å². The maximum atomic E-state index is 6.60. The Morgan fingerprint density at radius 3 is 2.20 bits per heavy atom. The molecule has 2 aromatic heterocycles. The predicted molar refractivity (Wildman–Crippen MR) is 164 cm³/mol. The van der Waals surface area contributed by atoms with Gasteiger partial charge < -0.3 is 8.83 Å². The Kier molecular flexibility index (Phi) is 4.48. The van der Waals surface area contributed by atoms with Crippen molar-refractivity contribution in [3.8, 4) is 0 Å². The van der Waals surface area contributed by atoms with Crippen molar-refractivity contribution in [3.05, 3.63) is 161 Å². The van der Waals surface area contributed by atoms with E-state index in [1.165, 1.54) is 38.8 Å². The molecule has 0 saturated heterocycles. The third kappa shape index (κ3) is 2.93. The lowest BCUT2D eigenvalue weighted by Gasteiger charge is -2.37.